The fraction of sp³-hybridized carbons (Fsp3) is 0.318. The van der Waals surface area contributed by atoms with Gasteiger partial charge in [-0.2, -0.15) is 0 Å². The van der Waals surface area contributed by atoms with Crippen LogP contribution in [0.1, 0.15) is 53.4 Å². The molecule has 0 atom stereocenters. The molecule has 0 aliphatic rings. The maximum atomic E-state index is 12.5. The van der Waals surface area contributed by atoms with E-state index in [-0.39, 0.29) is 5.75 Å². The summed E-state index contributed by atoms with van der Waals surface area (Å²) < 4.78 is 26.5. The maximum Gasteiger partial charge on any atom is 0.264 e. The number of fused-ring (bicyclic) bond motifs is 1. The molecule has 2 aromatic carbocycles. The van der Waals surface area contributed by atoms with E-state index in [2.05, 4.69) is 9.71 Å². The van der Waals surface area contributed by atoms with Gasteiger partial charge in [0.15, 0.2) is 0 Å². The average molecular weight is 433 g/mol. The minimum absolute atomic E-state index is 0.0458. The highest BCUT2D eigenvalue weighted by Gasteiger charge is 2.18. The van der Waals surface area contributed by atoms with Crippen LogP contribution in [-0.2, 0) is 16.4 Å². The number of hydrogen-bond donors (Lipinski definition) is 2. The first-order valence-corrected chi connectivity index (χ1v) is 11.7. The predicted molar refractivity (Wildman–Crippen MR) is 118 cm³/mol. The normalized spacial score (nSPS) is 11.7. The first kappa shape index (κ1) is 21.4. The zero-order valence-corrected chi connectivity index (χ0v) is 18.2. The topological polar surface area (TPSA) is 79.0 Å². The van der Waals surface area contributed by atoms with Gasteiger partial charge in [0, 0.05) is 33.6 Å². The Labute approximate surface area is 176 Å². The lowest BCUT2D eigenvalue weighted by atomic mass is 10.0. The first-order chi connectivity index (χ1) is 13.8. The van der Waals surface area contributed by atoms with Gasteiger partial charge in [-0.05, 0) is 48.7 Å². The number of sulfonamides is 1. The van der Waals surface area contributed by atoms with E-state index in [9.17, 15) is 13.2 Å². The fourth-order valence-electron chi connectivity index (χ4n) is 3.38. The van der Waals surface area contributed by atoms with Crippen molar-refractivity contribution in [1.29, 1.82) is 0 Å². The number of hydrogen-bond acceptors (Lipinski definition) is 3. The van der Waals surface area contributed by atoms with Gasteiger partial charge in [0.2, 0.25) is 10.0 Å². The Morgan fingerprint density at radius 2 is 1.90 bits per heavy atom. The van der Waals surface area contributed by atoms with Crippen LogP contribution in [0.5, 0.6) is 0 Å². The van der Waals surface area contributed by atoms with E-state index in [1.165, 1.54) is 0 Å². The number of amides is 1. The molecule has 0 saturated heterocycles. The summed E-state index contributed by atoms with van der Waals surface area (Å²) in [7, 11) is -3.64. The van der Waals surface area contributed by atoms with Gasteiger partial charge < -0.3 is 4.98 Å². The third kappa shape index (κ3) is 5.19. The maximum absolute atomic E-state index is 12.5. The number of rotatable bonds is 8. The molecule has 5 nitrogen and oxygen atoms in total. The molecule has 2 N–H and O–H groups in total. The summed E-state index contributed by atoms with van der Waals surface area (Å²) in [5, 5.41) is 1.58. The van der Waals surface area contributed by atoms with Crippen LogP contribution >= 0.6 is 11.6 Å². The lowest BCUT2D eigenvalue weighted by Gasteiger charge is -2.08. The van der Waals surface area contributed by atoms with Gasteiger partial charge in [-0.3, -0.25) is 4.79 Å². The zero-order chi connectivity index (χ0) is 21.0. The van der Waals surface area contributed by atoms with Crippen LogP contribution in [0.15, 0.2) is 42.5 Å². The van der Waals surface area contributed by atoms with Gasteiger partial charge in [0.05, 0.1) is 5.75 Å². The number of unbranched alkanes of at least 4 members (excludes halogenated alkanes) is 2. The van der Waals surface area contributed by atoms with Gasteiger partial charge in [-0.25, -0.2) is 13.1 Å². The average Bonchev–Trinajstić information content (AvgIpc) is 2.98. The molecular weight excluding hydrogens is 408 g/mol. The van der Waals surface area contributed by atoms with Crippen LogP contribution in [-0.4, -0.2) is 25.1 Å². The van der Waals surface area contributed by atoms with E-state index < -0.39 is 15.9 Å². The molecule has 0 bridgehead atoms. The van der Waals surface area contributed by atoms with Gasteiger partial charge in [-0.15, -0.1) is 0 Å². The molecule has 29 heavy (non-hydrogen) atoms. The van der Waals surface area contributed by atoms with Crippen LogP contribution in [0.3, 0.4) is 0 Å². The molecule has 0 aliphatic carbocycles. The summed E-state index contributed by atoms with van der Waals surface area (Å²) in [5.74, 6) is -0.651. The molecule has 0 radical (unpaired) electrons. The Bertz CT molecular complexity index is 1140. The van der Waals surface area contributed by atoms with Crippen molar-refractivity contribution >= 4 is 38.4 Å². The van der Waals surface area contributed by atoms with Crippen LogP contribution in [0.25, 0.3) is 10.9 Å². The SMILES string of the molecule is CCCCCS(=O)(=O)NC(=O)c1ccc2[nH]c(C)c(Cc3ccccc3Cl)c2c1. The predicted octanol–water partition coefficient (Wildman–Crippen LogP) is 4.97. The highest BCUT2D eigenvalue weighted by atomic mass is 35.5. The summed E-state index contributed by atoms with van der Waals surface area (Å²) in [6.45, 7) is 3.98. The number of carbonyl (C=O) groups is 1. The molecule has 1 heterocycles. The second-order valence-electron chi connectivity index (χ2n) is 7.21. The lowest BCUT2D eigenvalue weighted by Crippen LogP contribution is -2.32. The molecular formula is C22H25ClN2O3S. The first-order valence-electron chi connectivity index (χ1n) is 9.70. The van der Waals surface area contributed by atoms with E-state index in [0.717, 1.165) is 40.6 Å². The summed E-state index contributed by atoms with van der Waals surface area (Å²) in [5.41, 5.74) is 4.23. The highest BCUT2D eigenvalue weighted by molar-refractivity contribution is 7.90. The summed E-state index contributed by atoms with van der Waals surface area (Å²) in [6, 6.07) is 12.8. The Morgan fingerprint density at radius 3 is 2.62 bits per heavy atom. The minimum atomic E-state index is -3.64. The van der Waals surface area contributed by atoms with Crippen molar-refractivity contribution in [3.05, 3.63) is 69.9 Å². The molecule has 0 spiro atoms. The van der Waals surface area contributed by atoms with Crippen LogP contribution in [0.2, 0.25) is 5.02 Å². The van der Waals surface area contributed by atoms with Crippen LogP contribution in [0, 0.1) is 6.92 Å². The molecule has 0 unspecified atom stereocenters. The Morgan fingerprint density at radius 1 is 1.14 bits per heavy atom. The monoisotopic (exact) mass is 432 g/mol. The van der Waals surface area contributed by atoms with Crippen molar-refractivity contribution in [2.24, 2.45) is 0 Å². The third-order valence-corrected chi connectivity index (χ3v) is 6.66. The molecule has 1 aromatic heterocycles. The van der Waals surface area contributed by atoms with Gasteiger partial charge in [-0.1, -0.05) is 49.6 Å². The third-order valence-electron chi connectivity index (χ3n) is 4.97. The van der Waals surface area contributed by atoms with E-state index in [1.807, 2.05) is 38.1 Å². The van der Waals surface area contributed by atoms with Crippen LogP contribution < -0.4 is 4.72 Å². The van der Waals surface area contributed by atoms with Gasteiger partial charge >= 0.3 is 0 Å². The summed E-state index contributed by atoms with van der Waals surface area (Å²) in [6.07, 6.45) is 2.89. The second-order valence-corrected chi connectivity index (χ2v) is 9.46. The van der Waals surface area contributed by atoms with Crippen LogP contribution in [0.4, 0.5) is 0 Å². The number of H-pyrrole nitrogens is 1. The van der Waals surface area contributed by atoms with E-state index in [0.29, 0.717) is 23.4 Å². The molecule has 3 aromatic rings. The van der Waals surface area contributed by atoms with Crippen molar-refractivity contribution in [2.45, 2.75) is 39.5 Å². The lowest BCUT2D eigenvalue weighted by molar-refractivity contribution is 0.0981. The van der Waals surface area contributed by atoms with E-state index >= 15 is 0 Å². The zero-order valence-electron chi connectivity index (χ0n) is 16.6. The number of aromatic nitrogens is 1. The molecule has 0 aliphatic heterocycles. The Balaban J connectivity index is 1.87. The molecule has 3 rings (SSSR count). The van der Waals surface area contributed by atoms with Gasteiger partial charge in [0.1, 0.15) is 0 Å². The second kappa shape index (κ2) is 9.01. The van der Waals surface area contributed by atoms with E-state index in [1.54, 1.807) is 18.2 Å². The van der Waals surface area contributed by atoms with Gasteiger partial charge in [0.25, 0.3) is 5.91 Å². The van der Waals surface area contributed by atoms with Crippen molar-refractivity contribution < 1.29 is 13.2 Å². The molecule has 0 fully saturated rings. The molecule has 0 saturated carbocycles. The molecule has 7 heteroatoms. The number of benzene rings is 2. The van der Waals surface area contributed by atoms with Crippen molar-refractivity contribution in [2.75, 3.05) is 5.75 Å². The molecule has 1 amide bonds. The van der Waals surface area contributed by atoms with E-state index in [4.69, 9.17) is 11.6 Å². The number of halogens is 1. The number of nitrogens with one attached hydrogen (secondary N) is 2. The summed E-state index contributed by atoms with van der Waals surface area (Å²) in [4.78, 5) is 15.9. The van der Waals surface area contributed by atoms with Crippen molar-refractivity contribution in [3.63, 3.8) is 0 Å². The van der Waals surface area contributed by atoms with Crippen molar-refractivity contribution in [1.82, 2.24) is 9.71 Å². The minimum Gasteiger partial charge on any atom is -0.358 e. The smallest absolute Gasteiger partial charge is 0.264 e. The number of carbonyl (C=O) groups excluding carboxylic acids is 1. The highest BCUT2D eigenvalue weighted by Crippen LogP contribution is 2.28. The number of aromatic amines is 1. The fourth-order valence-corrected chi connectivity index (χ4v) is 4.67. The Hall–Kier alpha value is -2.31. The largest absolute Gasteiger partial charge is 0.358 e. The number of aryl methyl sites for hydroxylation is 1. The standard InChI is InChI=1S/C22H25ClN2O3S/c1-3-4-7-12-29(27,28)25-22(26)17-10-11-21-19(14-17)18(15(2)24-21)13-16-8-5-6-9-20(16)23/h5-6,8-11,14,24H,3-4,7,12-13H2,1-2H3,(H,25,26). The summed E-state index contributed by atoms with van der Waals surface area (Å²) >= 11 is 6.31. The quantitative estimate of drug-likeness (QED) is 0.493. The van der Waals surface area contributed by atoms with Crippen molar-refractivity contribution in [3.8, 4) is 0 Å². The molecule has 154 valence electrons. The Kier molecular flexibility index (Phi) is 6.65.